The van der Waals surface area contributed by atoms with Gasteiger partial charge in [0.15, 0.2) is 0 Å². The first kappa shape index (κ1) is 17.7. The van der Waals surface area contributed by atoms with E-state index in [1.165, 1.54) is 10.6 Å². The zero-order valence-corrected chi connectivity index (χ0v) is 14.4. The van der Waals surface area contributed by atoms with Crippen molar-refractivity contribution in [3.05, 3.63) is 29.8 Å². The fourth-order valence-corrected chi connectivity index (χ4v) is 3.57. The number of rotatable bonds is 6. The molecule has 128 valence electrons. The maximum atomic E-state index is 12.3. The largest absolute Gasteiger partial charge is 0.494 e. The average molecular weight is 340 g/mol. The Bertz CT molecular complexity index is 628. The highest BCUT2D eigenvalue weighted by Crippen LogP contribution is 2.19. The normalized spacial score (nSPS) is 19.3. The second-order valence-electron chi connectivity index (χ2n) is 5.75. The molecule has 1 aromatic rings. The van der Waals surface area contributed by atoms with Gasteiger partial charge in [-0.05, 0) is 37.5 Å². The quantitative estimate of drug-likeness (QED) is 0.849. The molecule has 1 N–H and O–H groups in total. The summed E-state index contributed by atoms with van der Waals surface area (Å²) in [5.41, 5.74) is 0.984. The van der Waals surface area contributed by atoms with Gasteiger partial charge in [-0.3, -0.25) is 4.79 Å². The Morgan fingerprint density at radius 1 is 1.35 bits per heavy atom. The van der Waals surface area contributed by atoms with Gasteiger partial charge in [0.25, 0.3) is 0 Å². The molecule has 0 spiro atoms. The fraction of sp³-hybridized carbons (Fsp3) is 0.562. The van der Waals surface area contributed by atoms with Crippen molar-refractivity contribution in [2.75, 3.05) is 26.0 Å². The lowest BCUT2D eigenvalue weighted by Gasteiger charge is -2.30. The number of amides is 1. The van der Waals surface area contributed by atoms with Gasteiger partial charge in [-0.25, -0.2) is 12.7 Å². The van der Waals surface area contributed by atoms with Gasteiger partial charge in [0, 0.05) is 19.6 Å². The molecule has 1 amide bonds. The number of benzene rings is 1. The van der Waals surface area contributed by atoms with E-state index in [1.807, 2.05) is 31.2 Å². The summed E-state index contributed by atoms with van der Waals surface area (Å²) in [5, 5.41) is 2.89. The van der Waals surface area contributed by atoms with E-state index in [1.54, 1.807) is 0 Å². The maximum absolute atomic E-state index is 12.3. The highest BCUT2D eigenvalue weighted by Gasteiger charge is 2.29. The Balaban J connectivity index is 1.86. The lowest BCUT2D eigenvalue weighted by molar-refractivity contribution is -0.126. The SMILES string of the molecule is CCOc1ccc(CNC(=O)[C@H]2CCCN(S(C)(=O)=O)C2)cc1. The zero-order chi connectivity index (χ0) is 16.9. The van der Waals surface area contributed by atoms with Crippen molar-refractivity contribution in [3.63, 3.8) is 0 Å². The van der Waals surface area contributed by atoms with Crippen molar-refractivity contribution in [1.29, 1.82) is 0 Å². The summed E-state index contributed by atoms with van der Waals surface area (Å²) in [6.45, 7) is 3.75. The molecule has 0 aromatic heterocycles. The van der Waals surface area contributed by atoms with E-state index in [9.17, 15) is 13.2 Å². The third-order valence-electron chi connectivity index (χ3n) is 3.93. The summed E-state index contributed by atoms with van der Waals surface area (Å²) in [4.78, 5) is 12.3. The van der Waals surface area contributed by atoms with Crippen molar-refractivity contribution in [3.8, 4) is 5.75 Å². The van der Waals surface area contributed by atoms with Crippen molar-refractivity contribution >= 4 is 15.9 Å². The minimum Gasteiger partial charge on any atom is -0.494 e. The van der Waals surface area contributed by atoms with Gasteiger partial charge in [0.05, 0.1) is 18.8 Å². The van der Waals surface area contributed by atoms with Gasteiger partial charge < -0.3 is 10.1 Å². The minimum absolute atomic E-state index is 0.0905. The lowest BCUT2D eigenvalue weighted by Crippen LogP contribution is -2.44. The highest BCUT2D eigenvalue weighted by atomic mass is 32.2. The monoisotopic (exact) mass is 340 g/mol. The first-order valence-electron chi connectivity index (χ1n) is 7.84. The van der Waals surface area contributed by atoms with Crippen molar-refractivity contribution in [2.45, 2.75) is 26.3 Å². The number of ether oxygens (including phenoxy) is 1. The number of nitrogens with zero attached hydrogens (tertiary/aromatic N) is 1. The number of hydrogen-bond acceptors (Lipinski definition) is 4. The first-order valence-corrected chi connectivity index (χ1v) is 9.69. The molecule has 0 aliphatic carbocycles. The predicted molar refractivity (Wildman–Crippen MR) is 88.6 cm³/mol. The Labute approximate surface area is 137 Å². The minimum atomic E-state index is -3.23. The van der Waals surface area contributed by atoms with E-state index in [0.717, 1.165) is 17.7 Å². The molecular weight excluding hydrogens is 316 g/mol. The van der Waals surface area contributed by atoms with Crippen LogP contribution in [0.25, 0.3) is 0 Å². The molecule has 2 rings (SSSR count). The molecule has 1 aliphatic heterocycles. The van der Waals surface area contributed by atoms with E-state index in [-0.39, 0.29) is 18.4 Å². The first-order chi connectivity index (χ1) is 10.9. The van der Waals surface area contributed by atoms with Gasteiger partial charge in [-0.15, -0.1) is 0 Å². The van der Waals surface area contributed by atoms with E-state index in [0.29, 0.717) is 26.1 Å². The number of carbonyl (C=O) groups excluding carboxylic acids is 1. The maximum Gasteiger partial charge on any atom is 0.224 e. The standard InChI is InChI=1S/C16H24N2O4S/c1-3-22-15-8-6-13(7-9-15)11-17-16(19)14-5-4-10-18(12-14)23(2,20)21/h6-9,14H,3-5,10-12H2,1-2H3,(H,17,19)/t14-/m0/s1. The number of sulfonamides is 1. The van der Waals surface area contributed by atoms with Crippen LogP contribution in [0.15, 0.2) is 24.3 Å². The van der Waals surface area contributed by atoms with Gasteiger partial charge in [0.2, 0.25) is 15.9 Å². The smallest absolute Gasteiger partial charge is 0.224 e. The van der Waals surface area contributed by atoms with Crippen LogP contribution in [0.4, 0.5) is 0 Å². The number of piperidine rings is 1. The van der Waals surface area contributed by atoms with Crippen LogP contribution >= 0.6 is 0 Å². The molecule has 1 atom stereocenters. The topological polar surface area (TPSA) is 75.7 Å². The zero-order valence-electron chi connectivity index (χ0n) is 13.6. The molecule has 7 heteroatoms. The molecule has 0 bridgehead atoms. The predicted octanol–water partition coefficient (Wildman–Crippen LogP) is 1.37. The Hall–Kier alpha value is -1.60. The summed E-state index contributed by atoms with van der Waals surface area (Å²) >= 11 is 0. The lowest BCUT2D eigenvalue weighted by atomic mass is 9.99. The number of hydrogen-bond donors (Lipinski definition) is 1. The van der Waals surface area contributed by atoms with Gasteiger partial charge in [-0.2, -0.15) is 0 Å². The molecule has 0 unspecified atom stereocenters. The molecule has 0 radical (unpaired) electrons. The van der Waals surface area contributed by atoms with Crippen LogP contribution in [0.5, 0.6) is 5.75 Å². The summed E-state index contributed by atoms with van der Waals surface area (Å²) in [6.07, 6.45) is 2.63. The van der Waals surface area contributed by atoms with Crippen LogP contribution < -0.4 is 10.1 Å². The molecule has 1 aliphatic rings. The highest BCUT2D eigenvalue weighted by molar-refractivity contribution is 7.88. The second-order valence-corrected chi connectivity index (χ2v) is 7.74. The fourth-order valence-electron chi connectivity index (χ4n) is 2.66. The molecule has 0 saturated carbocycles. The third kappa shape index (κ3) is 5.21. The third-order valence-corrected chi connectivity index (χ3v) is 5.19. The number of nitrogens with one attached hydrogen (secondary N) is 1. The van der Waals surface area contributed by atoms with Crippen molar-refractivity contribution in [1.82, 2.24) is 9.62 Å². The van der Waals surface area contributed by atoms with Crippen LogP contribution in [0.1, 0.15) is 25.3 Å². The molecule has 6 nitrogen and oxygen atoms in total. The van der Waals surface area contributed by atoms with Crippen LogP contribution in [0.3, 0.4) is 0 Å². The van der Waals surface area contributed by atoms with E-state index >= 15 is 0 Å². The van der Waals surface area contributed by atoms with Crippen LogP contribution in [-0.2, 0) is 21.4 Å². The van der Waals surface area contributed by atoms with Crippen molar-refractivity contribution < 1.29 is 17.9 Å². The summed E-state index contributed by atoms with van der Waals surface area (Å²) in [6, 6.07) is 7.57. The summed E-state index contributed by atoms with van der Waals surface area (Å²) < 4.78 is 30.0. The second kappa shape index (κ2) is 7.79. The van der Waals surface area contributed by atoms with Crippen molar-refractivity contribution in [2.24, 2.45) is 5.92 Å². The summed E-state index contributed by atoms with van der Waals surface area (Å²) in [5.74, 6) is 0.437. The van der Waals surface area contributed by atoms with E-state index in [4.69, 9.17) is 4.74 Å². The molecule has 1 aromatic carbocycles. The average Bonchev–Trinajstić information content (AvgIpc) is 2.53. The van der Waals surface area contributed by atoms with E-state index in [2.05, 4.69) is 5.32 Å². The summed E-state index contributed by atoms with van der Waals surface area (Å²) in [7, 11) is -3.23. The molecule has 1 saturated heterocycles. The van der Waals surface area contributed by atoms with Gasteiger partial charge in [0.1, 0.15) is 5.75 Å². The van der Waals surface area contributed by atoms with Gasteiger partial charge in [-0.1, -0.05) is 12.1 Å². The number of carbonyl (C=O) groups is 1. The Morgan fingerprint density at radius 3 is 2.65 bits per heavy atom. The Morgan fingerprint density at radius 2 is 2.04 bits per heavy atom. The Kier molecular flexibility index (Phi) is 6.01. The molecule has 23 heavy (non-hydrogen) atoms. The molecule has 1 fully saturated rings. The molecular formula is C16H24N2O4S. The van der Waals surface area contributed by atoms with E-state index < -0.39 is 10.0 Å². The van der Waals surface area contributed by atoms with Crippen LogP contribution in [-0.4, -0.2) is 44.6 Å². The van der Waals surface area contributed by atoms with Crippen LogP contribution in [0, 0.1) is 5.92 Å². The van der Waals surface area contributed by atoms with Crippen LogP contribution in [0.2, 0.25) is 0 Å². The molecule has 1 heterocycles. The van der Waals surface area contributed by atoms with Gasteiger partial charge >= 0.3 is 0 Å².